The number of nitro groups is 1. The molecule has 7 heteroatoms. The third-order valence-electron chi connectivity index (χ3n) is 2.93. The summed E-state index contributed by atoms with van der Waals surface area (Å²) in [5.74, 6) is 0.361. The van der Waals surface area contributed by atoms with E-state index in [0.29, 0.717) is 11.6 Å². The van der Waals surface area contributed by atoms with Gasteiger partial charge in [0.1, 0.15) is 0 Å². The van der Waals surface area contributed by atoms with Crippen molar-refractivity contribution in [3.8, 4) is 0 Å². The Bertz CT molecular complexity index is 469. The van der Waals surface area contributed by atoms with E-state index in [9.17, 15) is 10.1 Å². The van der Waals surface area contributed by atoms with Gasteiger partial charge in [-0.15, -0.1) is 0 Å². The highest BCUT2D eigenvalue weighted by atomic mass is 35.5. The predicted molar refractivity (Wildman–Crippen MR) is 83.9 cm³/mol. The van der Waals surface area contributed by atoms with Gasteiger partial charge in [-0.3, -0.25) is 10.1 Å². The standard InChI is InChI=1S/C13H19Cl2N3O2/c1-8(2)12(7-17(3)4)16-13-10(14)5-9(18(19)20)6-11(13)15/h5-6,8,12,16H,7H2,1-4H3. The van der Waals surface area contributed by atoms with Crippen LogP contribution in [-0.4, -0.2) is 36.5 Å². The van der Waals surface area contributed by atoms with E-state index in [1.807, 2.05) is 14.1 Å². The van der Waals surface area contributed by atoms with E-state index in [-0.39, 0.29) is 21.8 Å². The zero-order valence-electron chi connectivity index (χ0n) is 12.0. The Kier molecular flexibility index (Phi) is 6.05. The van der Waals surface area contributed by atoms with Crippen LogP contribution in [0, 0.1) is 16.0 Å². The fraction of sp³-hybridized carbons (Fsp3) is 0.538. The van der Waals surface area contributed by atoms with Crippen LogP contribution in [0.1, 0.15) is 13.8 Å². The summed E-state index contributed by atoms with van der Waals surface area (Å²) in [4.78, 5) is 12.3. The van der Waals surface area contributed by atoms with Crippen LogP contribution in [0.2, 0.25) is 10.0 Å². The second-order valence-electron chi connectivity index (χ2n) is 5.30. The number of nitrogens with zero attached hydrogens (tertiary/aromatic N) is 2. The molecule has 1 rings (SSSR count). The summed E-state index contributed by atoms with van der Waals surface area (Å²) in [5.41, 5.74) is 0.429. The SMILES string of the molecule is CC(C)C(CN(C)C)Nc1c(Cl)cc([N+](=O)[O-])cc1Cl. The molecule has 0 bridgehead atoms. The molecule has 1 unspecified atom stereocenters. The molecule has 0 saturated carbocycles. The van der Waals surface area contributed by atoms with Gasteiger partial charge in [-0.1, -0.05) is 37.0 Å². The Balaban J connectivity index is 3.04. The van der Waals surface area contributed by atoms with Crippen LogP contribution in [0.15, 0.2) is 12.1 Å². The fourth-order valence-electron chi connectivity index (χ4n) is 1.80. The van der Waals surface area contributed by atoms with Gasteiger partial charge in [0.25, 0.3) is 5.69 Å². The molecule has 0 saturated heterocycles. The molecule has 0 aromatic heterocycles. The third kappa shape index (κ3) is 4.51. The number of likely N-dealkylation sites (N-methyl/N-ethyl adjacent to an activating group) is 1. The van der Waals surface area contributed by atoms with Crippen LogP contribution < -0.4 is 5.32 Å². The van der Waals surface area contributed by atoms with E-state index in [1.165, 1.54) is 12.1 Å². The Morgan fingerprint density at radius 3 is 2.15 bits per heavy atom. The van der Waals surface area contributed by atoms with Crippen molar-refractivity contribution >= 4 is 34.6 Å². The molecular weight excluding hydrogens is 301 g/mol. The lowest BCUT2D eigenvalue weighted by Crippen LogP contribution is -2.36. The van der Waals surface area contributed by atoms with Gasteiger partial charge in [0.05, 0.1) is 20.7 Å². The molecule has 5 nitrogen and oxygen atoms in total. The van der Waals surface area contributed by atoms with Crippen LogP contribution in [0.4, 0.5) is 11.4 Å². The molecule has 1 aromatic carbocycles. The molecule has 0 spiro atoms. The van der Waals surface area contributed by atoms with Crippen LogP contribution in [0.3, 0.4) is 0 Å². The van der Waals surface area contributed by atoms with Crippen molar-refractivity contribution in [2.24, 2.45) is 5.92 Å². The second-order valence-corrected chi connectivity index (χ2v) is 6.11. The van der Waals surface area contributed by atoms with Crippen molar-refractivity contribution in [1.82, 2.24) is 4.90 Å². The Labute approximate surface area is 129 Å². The first-order valence-electron chi connectivity index (χ1n) is 6.27. The molecule has 0 fully saturated rings. The average Bonchev–Trinajstić information content (AvgIpc) is 2.30. The molecule has 0 aliphatic heterocycles. The maximum atomic E-state index is 10.8. The molecule has 1 aromatic rings. The number of nitro benzene ring substituents is 1. The lowest BCUT2D eigenvalue weighted by Gasteiger charge is -2.27. The van der Waals surface area contributed by atoms with E-state index in [1.54, 1.807) is 0 Å². The Morgan fingerprint density at radius 1 is 1.30 bits per heavy atom. The van der Waals surface area contributed by atoms with E-state index in [4.69, 9.17) is 23.2 Å². The third-order valence-corrected chi connectivity index (χ3v) is 3.53. The molecule has 1 atom stereocenters. The first-order valence-corrected chi connectivity index (χ1v) is 7.02. The van der Waals surface area contributed by atoms with Crippen molar-refractivity contribution in [1.29, 1.82) is 0 Å². The van der Waals surface area contributed by atoms with E-state index < -0.39 is 4.92 Å². The Hall–Kier alpha value is -1.04. The highest BCUT2D eigenvalue weighted by Crippen LogP contribution is 2.35. The summed E-state index contributed by atoms with van der Waals surface area (Å²) in [6.45, 7) is 4.99. The lowest BCUT2D eigenvalue weighted by atomic mass is 10.0. The summed E-state index contributed by atoms with van der Waals surface area (Å²) in [5, 5.41) is 14.6. The smallest absolute Gasteiger partial charge is 0.272 e. The summed E-state index contributed by atoms with van der Waals surface area (Å²) < 4.78 is 0. The van der Waals surface area contributed by atoms with Gasteiger partial charge in [0.15, 0.2) is 0 Å². The Morgan fingerprint density at radius 2 is 1.80 bits per heavy atom. The van der Waals surface area contributed by atoms with Crippen molar-refractivity contribution < 1.29 is 4.92 Å². The number of hydrogen-bond acceptors (Lipinski definition) is 4. The predicted octanol–water partition coefficient (Wildman–Crippen LogP) is 3.90. The monoisotopic (exact) mass is 319 g/mol. The van der Waals surface area contributed by atoms with E-state index in [0.717, 1.165) is 6.54 Å². The maximum Gasteiger partial charge on any atom is 0.272 e. The molecule has 0 aliphatic carbocycles. The molecule has 0 radical (unpaired) electrons. The highest BCUT2D eigenvalue weighted by molar-refractivity contribution is 6.39. The van der Waals surface area contributed by atoms with Gasteiger partial charge in [0, 0.05) is 24.7 Å². The number of rotatable bonds is 6. The first kappa shape index (κ1) is 17.0. The van der Waals surface area contributed by atoms with Crippen molar-refractivity contribution in [3.63, 3.8) is 0 Å². The first-order chi connectivity index (χ1) is 9.22. The number of benzene rings is 1. The van der Waals surface area contributed by atoms with Gasteiger partial charge in [0.2, 0.25) is 0 Å². The minimum Gasteiger partial charge on any atom is -0.378 e. The number of non-ortho nitro benzene ring substituents is 1. The van der Waals surface area contributed by atoms with Gasteiger partial charge >= 0.3 is 0 Å². The van der Waals surface area contributed by atoms with Crippen molar-refractivity contribution in [2.75, 3.05) is 26.0 Å². The molecule has 0 amide bonds. The minimum absolute atomic E-state index is 0.112. The average molecular weight is 320 g/mol. The molecule has 112 valence electrons. The summed E-state index contributed by atoms with van der Waals surface area (Å²) in [7, 11) is 3.96. The molecule has 0 heterocycles. The zero-order valence-corrected chi connectivity index (χ0v) is 13.5. The van der Waals surface area contributed by atoms with E-state index >= 15 is 0 Å². The van der Waals surface area contributed by atoms with Crippen LogP contribution in [0.25, 0.3) is 0 Å². The molecule has 20 heavy (non-hydrogen) atoms. The zero-order chi connectivity index (χ0) is 15.4. The van der Waals surface area contributed by atoms with Gasteiger partial charge < -0.3 is 10.2 Å². The van der Waals surface area contributed by atoms with Gasteiger partial charge in [-0.2, -0.15) is 0 Å². The summed E-state index contributed by atoms with van der Waals surface area (Å²) >= 11 is 12.2. The van der Waals surface area contributed by atoms with Gasteiger partial charge in [-0.05, 0) is 20.0 Å². The van der Waals surface area contributed by atoms with Crippen LogP contribution in [0.5, 0.6) is 0 Å². The fourth-order valence-corrected chi connectivity index (χ4v) is 2.39. The minimum atomic E-state index is -0.513. The van der Waals surface area contributed by atoms with Crippen LogP contribution in [-0.2, 0) is 0 Å². The lowest BCUT2D eigenvalue weighted by molar-refractivity contribution is -0.384. The molecule has 0 aliphatic rings. The highest BCUT2D eigenvalue weighted by Gasteiger charge is 2.20. The number of hydrogen-bond donors (Lipinski definition) is 1. The normalized spacial score (nSPS) is 12.8. The molecule has 1 N–H and O–H groups in total. The quantitative estimate of drug-likeness (QED) is 0.638. The van der Waals surface area contributed by atoms with E-state index in [2.05, 4.69) is 24.1 Å². The van der Waals surface area contributed by atoms with Gasteiger partial charge in [-0.25, -0.2) is 0 Å². The number of nitrogens with one attached hydrogen (secondary N) is 1. The maximum absolute atomic E-state index is 10.8. The summed E-state index contributed by atoms with van der Waals surface area (Å²) in [6, 6.07) is 2.76. The molecular formula is C13H19Cl2N3O2. The summed E-state index contributed by atoms with van der Waals surface area (Å²) in [6.07, 6.45) is 0. The largest absolute Gasteiger partial charge is 0.378 e. The van der Waals surface area contributed by atoms with Crippen molar-refractivity contribution in [3.05, 3.63) is 32.3 Å². The second kappa shape index (κ2) is 7.11. The van der Waals surface area contributed by atoms with Crippen LogP contribution >= 0.6 is 23.2 Å². The number of anilines is 1. The number of halogens is 2. The van der Waals surface area contributed by atoms with Crippen molar-refractivity contribution in [2.45, 2.75) is 19.9 Å². The topological polar surface area (TPSA) is 58.4 Å².